The van der Waals surface area contributed by atoms with Crippen molar-refractivity contribution in [2.75, 3.05) is 21.1 Å². The van der Waals surface area contributed by atoms with Gasteiger partial charge in [-0.3, -0.25) is 15.2 Å². The normalized spacial score (nSPS) is 11.5. The SMILES string of the molecule is CC(=O)Nc1ccc(-c2ccnc(Nc3ccc(NN4c5cccc(Cl)c54)cc3)n2)cc1. The summed E-state index contributed by atoms with van der Waals surface area (Å²) < 4.78 is 0. The number of para-hydroxylation sites is 1. The third kappa shape index (κ3) is 4.19. The number of carbonyl (C=O) groups excluding carboxylic acids is 1. The molecule has 5 rings (SSSR count). The van der Waals surface area contributed by atoms with E-state index in [0.29, 0.717) is 5.95 Å². The van der Waals surface area contributed by atoms with Crippen molar-refractivity contribution in [1.82, 2.24) is 9.97 Å². The average molecular weight is 443 g/mol. The lowest BCUT2D eigenvalue weighted by atomic mass is 10.1. The summed E-state index contributed by atoms with van der Waals surface area (Å²) in [6.07, 6.45) is 1.71. The summed E-state index contributed by atoms with van der Waals surface area (Å²) in [5.74, 6) is 0.398. The number of nitrogens with one attached hydrogen (secondary N) is 3. The monoisotopic (exact) mass is 442 g/mol. The molecule has 0 atom stereocenters. The highest BCUT2D eigenvalue weighted by molar-refractivity contribution is 6.36. The summed E-state index contributed by atoms with van der Waals surface area (Å²) in [6, 6.07) is 23.0. The molecule has 32 heavy (non-hydrogen) atoms. The fraction of sp³-hybridized carbons (Fsp3) is 0.0417. The van der Waals surface area contributed by atoms with Crippen LogP contribution in [-0.4, -0.2) is 15.9 Å². The molecule has 0 saturated heterocycles. The molecule has 3 N–H and O–H groups in total. The Kier molecular flexibility index (Phi) is 5.09. The Morgan fingerprint density at radius 2 is 1.62 bits per heavy atom. The summed E-state index contributed by atoms with van der Waals surface area (Å²) in [5, 5.41) is 8.67. The lowest BCUT2D eigenvalue weighted by molar-refractivity contribution is -0.114. The first-order chi connectivity index (χ1) is 15.6. The van der Waals surface area contributed by atoms with E-state index in [1.807, 2.05) is 77.8 Å². The van der Waals surface area contributed by atoms with Crippen molar-refractivity contribution in [2.45, 2.75) is 6.92 Å². The summed E-state index contributed by atoms with van der Waals surface area (Å²) in [7, 11) is 0. The van der Waals surface area contributed by atoms with E-state index < -0.39 is 0 Å². The van der Waals surface area contributed by atoms with Crippen LogP contribution in [0.1, 0.15) is 6.92 Å². The number of anilines is 6. The van der Waals surface area contributed by atoms with E-state index in [2.05, 4.69) is 26.0 Å². The average Bonchev–Trinajstić information content (AvgIpc) is 3.49. The van der Waals surface area contributed by atoms with E-state index >= 15 is 0 Å². The van der Waals surface area contributed by atoms with Gasteiger partial charge in [-0.2, -0.15) is 0 Å². The second-order valence-electron chi connectivity index (χ2n) is 7.28. The molecule has 0 saturated carbocycles. The number of aromatic nitrogens is 2. The maximum absolute atomic E-state index is 11.2. The van der Waals surface area contributed by atoms with Crippen molar-refractivity contribution in [3.63, 3.8) is 0 Å². The van der Waals surface area contributed by atoms with Gasteiger partial charge in [0.25, 0.3) is 0 Å². The molecule has 1 amide bonds. The number of rotatable bonds is 6. The highest BCUT2D eigenvalue weighted by atomic mass is 35.5. The minimum absolute atomic E-state index is 0.102. The molecule has 1 aliphatic rings. The topological polar surface area (TPSA) is 82.0 Å². The van der Waals surface area contributed by atoms with Crippen LogP contribution in [0.4, 0.5) is 34.4 Å². The highest BCUT2D eigenvalue weighted by Crippen LogP contribution is 2.51. The zero-order valence-corrected chi connectivity index (χ0v) is 17.9. The fourth-order valence-electron chi connectivity index (χ4n) is 3.37. The van der Waals surface area contributed by atoms with Crippen LogP contribution in [0.2, 0.25) is 5.02 Å². The van der Waals surface area contributed by atoms with Crippen LogP contribution < -0.4 is 21.1 Å². The number of halogens is 1. The van der Waals surface area contributed by atoms with Crippen LogP contribution in [0.5, 0.6) is 0 Å². The molecule has 4 aromatic rings. The number of carbonyl (C=O) groups is 1. The van der Waals surface area contributed by atoms with Crippen LogP contribution in [0.3, 0.4) is 0 Å². The Labute approximate surface area is 190 Å². The maximum Gasteiger partial charge on any atom is 0.227 e. The Balaban J connectivity index is 1.25. The molecule has 0 radical (unpaired) electrons. The van der Waals surface area contributed by atoms with Gasteiger partial charge in [-0.25, -0.2) is 9.97 Å². The van der Waals surface area contributed by atoms with Crippen molar-refractivity contribution in [1.29, 1.82) is 0 Å². The Bertz CT molecular complexity index is 1290. The predicted octanol–water partition coefficient (Wildman–Crippen LogP) is 5.98. The van der Waals surface area contributed by atoms with Gasteiger partial charge in [-0.05, 0) is 54.6 Å². The van der Waals surface area contributed by atoms with E-state index in [-0.39, 0.29) is 5.91 Å². The molecular formula is C24H19ClN6O. The Morgan fingerprint density at radius 3 is 2.34 bits per heavy atom. The highest BCUT2D eigenvalue weighted by Gasteiger charge is 2.31. The van der Waals surface area contributed by atoms with E-state index in [1.165, 1.54) is 6.92 Å². The Hall–Kier alpha value is -4.10. The molecule has 0 fully saturated rings. The van der Waals surface area contributed by atoms with Gasteiger partial charge >= 0.3 is 0 Å². The molecule has 1 aromatic heterocycles. The molecule has 158 valence electrons. The minimum Gasteiger partial charge on any atom is -0.326 e. The molecule has 3 aromatic carbocycles. The molecule has 0 spiro atoms. The minimum atomic E-state index is -0.102. The smallest absolute Gasteiger partial charge is 0.227 e. The van der Waals surface area contributed by atoms with Gasteiger partial charge in [0.1, 0.15) is 5.69 Å². The standard InChI is InChI=1S/C24H19ClN6O/c1-15(32)27-17-7-5-16(6-8-17)21-13-14-26-24(29-21)28-18-9-11-19(12-10-18)30-31-22-4-2-3-20(25)23(22)31/h2-14,30H,1H3,(H,27,32)(H,26,28,29). The van der Waals surface area contributed by atoms with Gasteiger partial charge in [-0.1, -0.05) is 29.8 Å². The quantitative estimate of drug-likeness (QED) is 0.319. The van der Waals surface area contributed by atoms with Gasteiger partial charge in [0, 0.05) is 30.1 Å². The summed E-state index contributed by atoms with van der Waals surface area (Å²) in [4.78, 5) is 20.1. The van der Waals surface area contributed by atoms with Crippen molar-refractivity contribution in [3.05, 3.63) is 84.0 Å². The summed E-state index contributed by atoms with van der Waals surface area (Å²) >= 11 is 6.20. The van der Waals surface area contributed by atoms with Crippen molar-refractivity contribution < 1.29 is 4.79 Å². The number of hydrogen-bond donors (Lipinski definition) is 3. The van der Waals surface area contributed by atoms with Gasteiger partial charge in [0.2, 0.25) is 11.9 Å². The number of amides is 1. The molecule has 1 aliphatic heterocycles. The first-order valence-electron chi connectivity index (χ1n) is 10.0. The number of benzene rings is 3. The van der Waals surface area contributed by atoms with Gasteiger partial charge in [0.15, 0.2) is 0 Å². The first kappa shape index (κ1) is 19.8. The molecule has 0 bridgehead atoms. The molecule has 0 unspecified atom stereocenters. The lowest BCUT2D eigenvalue weighted by Gasteiger charge is -2.10. The third-order valence-corrected chi connectivity index (χ3v) is 5.22. The summed E-state index contributed by atoms with van der Waals surface area (Å²) in [6.45, 7) is 1.48. The third-order valence-electron chi connectivity index (χ3n) is 4.92. The molecule has 7 nitrogen and oxygen atoms in total. The number of hydrogen-bond acceptors (Lipinski definition) is 6. The fourth-order valence-corrected chi connectivity index (χ4v) is 3.63. The number of fused-ring (bicyclic) bond motifs is 1. The van der Waals surface area contributed by atoms with Crippen molar-refractivity contribution in [3.8, 4) is 11.3 Å². The van der Waals surface area contributed by atoms with Gasteiger partial charge in [0.05, 0.1) is 22.1 Å². The van der Waals surface area contributed by atoms with Crippen molar-refractivity contribution in [2.24, 2.45) is 0 Å². The van der Waals surface area contributed by atoms with Crippen LogP contribution >= 0.6 is 11.6 Å². The zero-order chi connectivity index (χ0) is 22.1. The van der Waals surface area contributed by atoms with Gasteiger partial charge in [-0.15, -0.1) is 0 Å². The molecule has 2 heterocycles. The second kappa shape index (κ2) is 8.20. The van der Waals surface area contributed by atoms with Crippen LogP contribution in [-0.2, 0) is 4.79 Å². The molecule has 8 heteroatoms. The second-order valence-corrected chi connectivity index (χ2v) is 7.69. The van der Waals surface area contributed by atoms with Gasteiger partial charge < -0.3 is 10.6 Å². The maximum atomic E-state index is 11.2. The summed E-state index contributed by atoms with van der Waals surface area (Å²) in [5.41, 5.74) is 9.68. The molecular weight excluding hydrogens is 424 g/mol. The lowest BCUT2D eigenvalue weighted by Crippen LogP contribution is -2.09. The van der Waals surface area contributed by atoms with Crippen molar-refractivity contribution >= 4 is 51.9 Å². The van der Waals surface area contributed by atoms with E-state index in [9.17, 15) is 4.79 Å². The van der Waals surface area contributed by atoms with Crippen LogP contribution in [0.15, 0.2) is 79.0 Å². The van der Waals surface area contributed by atoms with Crippen LogP contribution in [0.25, 0.3) is 11.3 Å². The number of nitrogens with zero attached hydrogens (tertiary/aromatic N) is 3. The first-order valence-corrected chi connectivity index (χ1v) is 10.4. The van der Waals surface area contributed by atoms with E-state index in [0.717, 1.165) is 44.7 Å². The van der Waals surface area contributed by atoms with E-state index in [4.69, 9.17) is 11.6 Å². The van der Waals surface area contributed by atoms with E-state index in [1.54, 1.807) is 6.20 Å². The zero-order valence-electron chi connectivity index (χ0n) is 17.1. The largest absolute Gasteiger partial charge is 0.326 e. The number of hydrazine groups is 1. The predicted molar refractivity (Wildman–Crippen MR) is 129 cm³/mol. The molecule has 0 aliphatic carbocycles. The Morgan fingerprint density at radius 1 is 0.906 bits per heavy atom. The van der Waals surface area contributed by atoms with Crippen LogP contribution in [0, 0.1) is 0 Å².